The van der Waals surface area contributed by atoms with Crippen molar-refractivity contribution >= 4 is 17.3 Å². The van der Waals surface area contributed by atoms with Crippen LogP contribution < -0.4 is 19.5 Å². The molecular formula is C17H18N2O6. The number of nitrogens with zero attached hydrogens (tertiary/aromatic N) is 1. The van der Waals surface area contributed by atoms with Crippen molar-refractivity contribution in [3.05, 3.63) is 52.1 Å². The van der Waals surface area contributed by atoms with E-state index >= 15 is 0 Å². The number of nitro groups is 1. The summed E-state index contributed by atoms with van der Waals surface area (Å²) < 4.78 is 15.6. The largest absolute Gasteiger partial charge is 0.497 e. The molecular weight excluding hydrogens is 328 g/mol. The van der Waals surface area contributed by atoms with Crippen LogP contribution in [0.5, 0.6) is 17.2 Å². The van der Waals surface area contributed by atoms with E-state index in [1.165, 1.54) is 26.4 Å². The van der Waals surface area contributed by atoms with Crippen LogP contribution in [0.3, 0.4) is 0 Å². The van der Waals surface area contributed by atoms with Crippen molar-refractivity contribution in [3.8, 4) is 17.2 Å². The molecule has 0 unspecified atom stereocenters. The SMILES string of the molecule is COc1ccc(NC(=O)COc2ccc(C)cc2[N+](=O)[O-])c(OC)c1. The molecule has 8 heteroatoms. The van der Waals surface area contributed by atoms with E-state index in [0.717, 1.165) is 5.56 Å². The molecule has 0 spiro atoms. The molecule has 0 radical (unpaired) electrons. The smallest absolute Gasteiger partial charge is 0.311 e. The summed E-state index contributed by atoms with van der Waals surface area (Å²) in [6.07, 6.45) is 0. The number of aryl methyl sites for hydroxylation is 1. The van der Waals surface area contributed by atoms with Crippen molar-refractivity contribution < 1.29 is 23.9 Å². The van der Waals surface area contributed by atoms with Crippen LogP contribution in [0.15, 0.2) is 36.4 Å². The molecule has 0 saturated heterocycles. The number of nitro benzene ring substituents is 1. The summed E-state index contributed by atoms with van der Waals surface area (Å²) in [5.41, 5.74) is 0.983. The van der Waals surface area contributed by atoms with E-state index < -0.39 is 10.8 Å². The van der Waals surface area contributed by atoms with Gasteiger partial charge in [-0.05, 0) is 30.7 Å². The number of hydrogen-bond acceptors (Lipinski definition) is 6. The van der Waals surface area contributed by atoms with Crippen molar-refractivity contribution in [1.29, 1.82) is 0 Å². The number of benzene rings is 2. The van der Waals surface area contributed by atoms with Crippen LogP contribution in [0, 0.1) is 17.0 Å². The first-order valence-electron chi connectivity index (χ1n) is 7.34. The Morgan fingerprint density at radius 2 is 1.88 bits per heavy atom. The highest BCUT2D eigenvalue weighted by Crippen LogP contribution is 2.30. The van der Waals surface area contributed by atoms with Crippen molar-refractivity contribution in [2.45, 2.75) is 6.92 Å². The minimum absolute atomic E-state index is 0.0347. The fraction of sp³-hybridized carbons (Fsp3) is 0.235. The summed E-state index contributed by atoms with van der Waals surface area (Å²) in [7, 11) is 2.99. The molecule has 0 aliphatic carbocycles. The molecule has 0 atom stereocenters. The zero-order valence-corrected chi connectivity index (χ0v) is 14.1. The molecule has 1 N–H and O–H groups in total. The fourth-order valence-electron chi connectivity index (χ4n) is 2.12. The number of amides is 1. The molecule has 25 heavy (non-hydrogen) atoms. The average Bonchev–Trinajstić information content (AvgIpc) is 2.60. The summed E-state index contributed by atoms with van der Waals surface area (Å²) in [5.74, 6) is 0.571. The van der Waals surface area contributed by atoms with Gasteiger partial charge in [0.15, 0.2) is 12.4 Å². The lowest BCUT2D eigenvalue weighted by Crippen LogP contribution is -2.20. The molecule has 132 valence electrons. The first-order chi connectivity index (χ1) is 11.9. The number of ether oxygens (including phenoxy) is 3. The number of anilines is 1. The Morgan fingerprint density at radius 1 is 1.12 bits per heavy atom. The normalized spacial score (nSPS) is 10.0. The lowest BCUT2D eigenvalue weighted by molar-refractivity contribution is -0.385. The number of nitrogens with one attached hydrogen (secondary N) is 1. The fourth-order valence-corrected chi connectivity index (χ4v) is 2.12. The van der Waals surface area contributed by atoms with Gasteiger partial charge in [0.05, 0.1) is 24.8 Å². The number of methoxy groups -OCH3 is 2. The van der Waals surface area contributed by atoms with Crippen LogP contribution in [-0.2, 0) is 4.79 Å². The first kappa shape index (κ1) is 18.1. The van der Waals surface area contributed by atoms with E-state index in [4.69, 9.17) is 14.2 Å². The van der Waals surface area contributed by atoms with Crippen LogP contribution in [0.1, 0.15) is 5.56 Å². The lowest BCUT2D eigenvalue weighted by Gasteiger charge is -2.12. The van der Waals surface area contributed by atoms with Crippen molar-refractivity contribution in [1.82, 2.24) is 0 Å². The molecule has 0 heterocycles. The molecule has 0 aromatic heterocycles. The van der Waals surface area contributed by atoms with Gasteiger partial charge in [0.1, 0.15) is 11.5 Å². The predicted octanol–water partition coefficient (Wildman–Crippen LogP) is 2.94. The van der Waals surface area contributed by atoms with E-state index in [-0.39, 0.29) is 18.0 Å². The van der Waals surface area contributed by atoms with Gasteiger partial charge >= 0.3 is 5.69 Å². The highest BCUT2D eigenvalue weighted by atomic mass is 16.6. The lowest BCUT2D eigenvalue weighted by atomic mass is 10.2. The number of carbonyl (C=O) groups is 1. The third-order valence-electron chi connectivity index (χ3n) is 3.35. The first-order valence-corrected chi connectivity index (χ1v) is 7.34. The number of carbonyl (C=O) groups excluding carboxylic acids is 1. The second kappa shape index (κ2) is 8.00. The van der Waals surface area contributed by atoms with Crippen molar-refractivity contribution in [2.75, 3.05) is 26.1 Å². The van der Waals surface area contributed by atoms with Gasteiger partial charge in [0.2, 0.25) is 0 Å². The Kier molecular flexibility index (Phi) is 5.78. The van der Waals surface area contributed by atoms with E-state index in [9.17, 15) is 14.9 Å². The quantitative estimate of drug-likeness (QED) is 0.611. The highest BCUT2D eigenvalue weighted by molar-refractivity contribution is 5.93. The van der Waals surface area contributed by atoms with Gasteiger partial charge in [0, 0.05) is 12.1 Å². The van der Waals surface area contributed by atoms with Gasteiger partial charge in [-0.15, -0.1) is 0 Å². The van der Waals surface area contributed by atoms with E-state index in [1.54, 1.807) is 31.2 Å². The van der Waals surface area contributed by atoms with Gasteiger partial charge < -0.3 is 19.5 Å². The van der Waals surface area contributed by atoms with Crippen LogP contribution in [-0.4, -0.2) is 31.7 Å². The summed E-state index contributed by atoms with van der Waals surface area (Å²) in [6.45, 7) is 1.36. The molecule has 2 aromatic carbocycles. The third-order valence-corrected chi connectivity index (χ3v) is 3.35. The zero-order chi connectivity index (χ0) is 18.4. The summed E-state index contributed by atoms with van der Waals surface area (Å²) in [4.78, 5) is 22.6. The van der Waals surface area contributed by atoms with Gasteiger partial charge in [0.25, 0.3) is 5.91 Å². The molecule has 0 aliphatic rings. The van der Waals surface area contributed by atoms with Gasteiger partial charge in [-0.3, -0.25) is 14.9 Å². The number of rotatable bonds is 7. The second-order valence-corrected chi connectivity index (χ2v) is 5.13. The van der Waals surface area contributed by atoms with E-state index in [2.05, 4.69) is 5.32 Å². The van der Waals surface area contributed by atoms with E-state index in [1.807, 2.05) is 0 Å². The molecule has 8 nitrogen and oxygen atoms in total. The van der Waals surface area contributed by atoms with Gasteiger partial charge in [-0.2, -0.15) is 0 Å². The van der Waals surface area contributed by atoms with Crippen molar-refractivity contribution in [2.24, 2.45) is 0 Å². The van der Waals surface area contributed by atoms with Gasteiger partial charge in [-0.1, -0.05) is 6.07 Å². The van der Waals surface area contributed by atoms with Crippen LogP contribution >= 0.6 is 0 Å². The second-order valence-electron chi connectivity index (χ2n) is 5.13. The maximum Gasteiger partial charge on any atom is 0.311 e. The zero-order valence-electron chi connectivity index (χ0n) is 14.1. The summed E-state index contributed by atoms with van der Waals surface area (Å²) >= 11 is 0. The Morgan fingerprint density at radius 3 is 2.52 bits per heavy atom. The average molecular weight is 346 g/mol. The molecule has 2 rings (SSSR count). The molecule has 1 amide bonds. The predicted molar refractivity (Wildman–Crippen MR) is 91.5 cm³/mol. The molecule has 2 aromatic rings. The summed E-state index contributed by atoms with van der Waals surface area (Å²) in [5, 5.41) is 13.7. The van der Waals surface area contributed by atoms with Gasteiger partial charge in [-0.25, -0.2) is 0 Å². The minimum Gasteiger partial charge on any atom is -0.497 e. The number of hydrogen-bond donors (Lipinski definition) is 1. The van der Waals surface area contributed by atoms with Crippen LogP contribution in [0.2, 0.25) is 0 Å². The molecule has 0 saturated carbocycles. The Labute approximate surface area is 144 Å². The van der Waals surface area contributed by atoms with Crippen LogP contribution in [0.4, 0.5) is 11.4 Å². The Bertz CT molecular complexity index is 791. The van der Waals surface area contributed by atoms with E-state index in [0.29, 0.717) is 17.2 Å². The topological polar surface area (TPSA) is 99.9 Å². The summed E-state index contributed by atoms with van der Waals surface area (Å²) in [6, 6.07) is 9.45. The maximum absolute atomic E-state index is 12.1. The molecule has 0 aliphatic heterocycles. The third kappa shape index (κ3) is 4.60. The maximum atomic E-state index is 12.1. The Balaban J connectivity index is 2.06. The van der Waals surface area contributed by atoms with Crippen molar-refractivity contribution in [3.63, 3.8) is 0 Å². The molecule has 0 bridgehead atoms. The Hall–Kier alpha value is -3.29. The van der Waals surface area contributed by atoms with Crippen LogP contribution in [0.25, 0.3) is 0 Å². The molecule has 0 fully saturated rings. The highest BCUT2D eigenvalue weighted by Gasteiger charge is 2.17. The monoisotopic (exact) mass is 346 g/mol. The minimum atomic E-state index is -0.549. The standard InChI is InChI=1S/C17H18N2O6/c1-11-4-7-15(14(8-11)19(21)22)25-10-17(20)18-13-6-5-12(23-2)9-16(13)24-3/h4-9H,10H2,1-3H3,(H,18,20).